The van der Waals surface area contributed by atoms with Crippen LogP contribution in [0.25, 0.3) is 10.9 Å². The maximum Gasteiger partial charge on any atom is 0.256 e. The van der Waals surface area contributed by atoms with Crippen LogP contribution in [0.2, 0.25) is 0 Å². The van der Waals surface area contributed by atoms with Gasteiger partial charge in [-0.3, -0.25) is 14.5 Å². The lowest BCUT2D eigenvalue weighted by Crippen LogP contribution is -2.48. The van der Waals surface area contributed by atoms with E-state index in [2.05, 4.69) is 9.88 Å². The van der Waals surface area contributed by atoms with Crippen LogP contribution in [0.15, 0.2) is 53.3 Å². The Morgan fingerprint density at radius 1 is 1.00 bits per heavy atom. The van der Waals surface area contributed by atoms with E-state index in [1.807, 2.05) is 30.3 Å². The van der Waals surface area contributed by atoms with E-state index >= 15 is 0 Å². The van der Waals surface area contributed by atoms with Crippen molar-refractivity contribution < 1.29 is 13.6 Å². The van der Waals surface area contributed by atoms with Gasteiger partial charge in [-0.1, -0.05) is 18.2 Å². The van der Waals surface area contributed by atoms with Gasteiger partial charge in [0.25, 0.3) is 11.5 Å². The van der Waals surface area contributed by atoms with Crippen molar-refractivity contribution in [1.82, 2.24) is 14.8 Å². The van der Waals surface area contributed by atoms with Crippen LogP contribution >= 0.6 is 0 Å². The van der Waals surface area contributed by atoms with Crippen LogP contribution in [-0.2, 0) is 6.54 Å². The van der Waals surface area contributed by atoms with Crippen molar-refractivity contribution in [2.45, 2.75) is 6.54 Å². The number of fused-ring (bicyclic) bond motifs is 1. The number of carbonyl (C=O) groups excluding carboxylic acids is 1. The van der Waals surface area contributed by atoms with Crippen LogP contribution in [0, 0.1) is 11.6 Å². The van der Waals surface area contributed by atoms with Gasteiger partial charge in [0.15, 0.2) is 0 Å². The lowest BCUT2D eigenvalue weighted by atomic mass is 10.1. The fraction of sp³-hybridized carbons (Fsp3) is 0.238. The number of halogens is 2. The van der Waals surface area contributed by atoms with Crippen molar-refractivity contribution in [3.63, 3.8) is 0 Å². The molecule has 144 valence electrons. The smallest absolute Gasteiger partial charge is 0.256 e. The summed E-state index contributed by atoms with van der Waals surface area (Å²) < 4.78 is 26.9. The Balaban J connectivity index is 1.42. The number of aromatic nitrogens is 1. The highest BCUT2D eigenvalue weighted by molar-refractivity contribution is 5.94. The molecule has 0 bridgehead atoms. The average Bonchev–Trinajstić information content (AvgIpc) is 2.69. The number of hydrogen-bond donors (Lipinski definition) is 1. The minimum atomic E-state index is -0.852. The van der Waals surface area contributed by atoms with Crippen LogP contribution in [0.1, 0.15) is 15.9 Å². The van der Waals surface area contributed by atoms with Gasteiger partial charge in [-0.15, -0.1) is 0 Å². The second-order valence-electron chi connectivity index (χ2n) is 6.90. The van der Waals surface area contributed by atoms with E-state index in [9.17, 15) is 18.4 Å². The predicted octanol–water partition coefficient (Wildman–Crippen LogP) is 2.76. The number of para-hydroxylation sites is 1. The number of amides is 1. The molecule has 5 nitrogen and oxygen atoms in total. The zero-order valence-electron chi connectivity index (χ0n) is 15.1. The molecule has 4 rings (SSSR count). The number of H-pyrrole nitrogens is 1. The number of pyridine rings is 1. The topological polar surface area (TPSA) is 56.4 Å². The standard InChI is InChI=1S/C21H19F2N3O2/c22-16-5-6-17(18(23)12-16)21(28)26-9-7-25(8-10-26)13-15-11-14-3-1-2-4-19(14)24-20(15)27/h1-6,11-12H,7-10,13H2,(H,24,27). The third kappa shape index (κ3) is 3.66. The van der Waals surface area contributed by atoms with E-state index in [-0.39, 0.29) is 11.1 Å². The van der Waals surface area contributed by atoms with E-state index in [0.717, 1.165) is 23.0 Å². The van der Waals surface area contributed by atoms with E-state index in [4.69, 9.17) is 0 Å². The highest BCUT2D eigenvalue weighted by atomic mass is 19.1. The SMILES string of the molecule is O=C(c1ccc(F)cc1F)N1CCN(Cc2cc3ccccc3[nH]c2=O)CC1. The normalized spacial score (nSPS) is 15.1. The third-order valence-corrected chi connectivity index (χ3v) is 5.05. The first-order valence-corrected chi connectivity index (χ1v) is 9.09. The number of rotatable bonds is 3. The fourth-order valence-corrected chi connectivity index (χ4v) is 3.49. The Kier molecular flexibility index (Phi) is 4.92. The molecule has 2 heterocycles. The molecule has 1 amide bonds. The largest absolute Gasteiger partial charge is 0.336 e. The molecule has 0 radical (unpaired) electrons. The Morgan fingerprint density at radius 3 is 2.50 bits per heavy atom. The summed E-state index contributed by atoms with van der Waals surface area (Å²) in [5, 5.41) is 0.970. The minimum absolute atomic E-state index is 0.120. The Bertz CT molecular complexity index is 1090. The summed E-state index contributed by atoms with van der Waals surface area (Å²) in [5.41, 5.74) is 1.22. The summed E-state index contributed by atoms with van der Waals surface area (Å²) in [6, 6.07) is 12.5. The van der Waals surface area contributed by atoms with Gasteiger partial charge in [-0.25, -0.2) is 8.78 Å². The molecule has 1 fully saturated rings. The van der Waals surface area contributed by atoms with E-state index in [0.29, 0.717) is 38.3 Å². The first-order chi connectivity index (χ1) is 13.5. The van der Waals surface area contributed by atoms with Crippen molar-refractivity contribution in [2.75, 3.05) is 26.2 Å². The molecule has 0 spiro atoms. The first-order valence-electron chi connectivity index (χ1n) is 9.09. The molecule has 7 heteroatoms. The van der Waals surface area contributed by atoms with Gasteiger partial charge in [-0.2, -0.15) is 0 Å². The lowest BCUT2D eigenvalue weighted by Gasteiger charge is -2.34. The van der Waals surface area contributed by atoms with Crippen molar-refractivity contribution in [3.8, 4) is 0 Å². The first kappa shape index (κ1) is 18.3. The minimum Gasteiger partial charge on any atom is -0.336 e. The highest BCUT2D eigenvalue weighted by Crippen LogP contribution is 2.16. The van der Waals surface area contributed by atoms with Gasteiger partial charge < -0.3 is 9.88 Å². The van der Waals surface area contributed by atoms with E-state index < -0.39 is 17.5 Å². The van der Waals surface area contributed by atoms with Gasteiger partial charge in [0.05, 0.1) is 5.56 Å². The number of benzene rings is 2. The summed E-state index contributed by atoms with van der Waals surface area (Å²) in [6.07, 6.45) is 0. The van der Waals surface area contributed by atoms with Crippen molar-refractivity contribution in [3.05, 3.63) is 81.6 Å². The summed E-state index contributed by atoms with van der Waals surface area (Å²) in [6.45, 7) is 2.46. The quantitative estimate of drug-likeness (QED) is 0.757. The Morgan fingerprint density at radius 2 is 1.75 bits per heavy atom. The second-order valence-corrected chi connectivity index (χ2v) is 6.90. The molecule has 0 unspecified atom stereocenters. The number of nitrogens with zero attached hydrogens (tertiary/aromatic N) is 2. The Hall–Kier alpha value is -3.06. The molecule has 1 aliphatic heterocycles. The van der Waals surface area contributed by atoms with Gasteiger partial charge in [0.2, 0.25) is 0 Å². The fourth-order valence-electron chi connectivity index (χ4n) is 3.49. The van der Waals surface area contributed by atoms with Crippen LogP contribution in [0.3, 0.4) is 0 Å². The summed E-state index contributed by atoms with van der Waals surface area (Å²) in [5.74, 6) is -2.00. The number of carbonyl (C=O) groups is 1. The number of nitrogens with one attached hydrogen (secondary N) is 1. The third-order valence-electron chi connectivity index (χ3n) is 5.05. The van der Waals surface area contributed by atoms with Gasteiger partial charge >= 0.3 is 0 Å². The average molecular weight is 383 g/mol. The molecule has 28 heavy (non-hydrogen) atoms. The van der Waals surface area contributed by atoms with Gasteiger partial charge in [0.1, 0.15) is 11.6 Å². The summed E-state index contributed by atoms with van der Waals surface area (Å²) in [7, 11) is 0. The van der Waals surface area contributed by atoms with Crippen LogP contribution in [0.4, 0.5) is 8.78 Å². The van der Waals surface area contributed by atoms with Crippen LogP contribution < -0.4 is 5.56 Å². The molecule has 1 aromatic heterocycles. The van der Waals surface area contributed by atoms with Crippen LogP contribution in [0.5, 0.6) is 0 Å². The maximum absolute atomic E-state index is 13.9. The lowest BCUT2D eigenvalue weighted by molar-refractivity contribution is 0.0623. The Labute approximate surface area is 160 Å². The van der Waals surface area contributed by atoms with Crippen LogP contribution in [-0.4, -0.2) is 46.9 Å². The van der Waals surface area contributed by atoms with E-state index in [1.54, 1.807) is 4.90 Å². The monoisotopic (exact) mass is 383 g/mol. The number of aromatic amines is 1. The second kappa shape index (κ2) is 7.52. The molecule has 3 aromatic rings. The molecule has 0 saturated carbocycles. The zero-order chi connectivity index (χ0) is 19.7. The molecular formula is C21H19F2N3O2. The number of hydrogen-bond acceptors (Lipinski definition) is 3. The summed E-state index contributed by atoms with van der Waals surface area (Å²) in [4.78, 5) is 31.3. The zero-order valence-corrected chi connectivity index (χ0v) is 15.1. The molecular weight excluding hydrogens is 364 g/mol. The van der Waals surface area contributed by atoms with Crippen molar-refractivity contribution in [1.29, 1.82) is 0 Å². The molecule has 0 atom stereocenters. The number of piperazine rings is 1. The maximum atomic E-state index is 13.9. The van der Waals surface area contributed by atoms with E-state index in [1.165, 1.54) is 6.07 Å². The van der Waals surface area contributed by atoms with Crippen molar-refractivity contribution >= 4 is 16.8 Å². The molecule has 0 aliphatic carbocycles. The van der Waals surface area contributed by atoms with Crippen molar-refractivity contribution in [2.24, 2.45) is 0 Å². The van der Waals surface area contributed by atoms with Gasteiger partial charge in [0, 0.05) is 49.9 Å². The molecule has 1 aliphatic rings. The van der Waals surface area contributed by atoms with Gasteiger partial charge in [-0.05, 0) is 29.7 Å². The predicted molar refractivity (Wildman–Crippen MR) is 102 cm³/mol. The summed E-state index contributed by atoms with van der Waals surface area (Å²) >= 11 is 0. The molecule has 1 N–H and O–H groups in total. The molecule has 1 saturated heterocycles. The highest BCUT2D eigenvalue weighted by Gasteiger charge is 2.24. The molecule has 2 aromatic carbocycles.